The van der Waals surface area contributed by atoms with Gasteiger partial charge in [0.25, 0.3) is 5.91 Å². The first kappa shape index (κ1) is 14.6. The molecular formula is C11H10F2N2O4. The lowest BCUT2D eigenvalue weighted by molar-refractivity contribution is -0.117. The van der Waals surface area contributed by atoms with Crippen LogP contribution >= 0.6 is 0 Å². The van der Waals surface area contributed by atoms with Crippen LogP contribution in [-0.4, -0.2) is 29.4 Å². The molecule has 0 saturated heterocycles. The molecule has 1 aromatic carbocycles. The maximum atomic E-state index is 13.0. The molecule has 0 fully saturated rings. The lowest BCUT2D eigenvalue weighted by atomic mass is 10.1. The van der Waals surface area contributed by atoms with Gasteiger partial charge in [0.2, 0.25) is 5.91 Å². The number of carbonyl (C=O) groups is 3. The summed E-state index contributed by atoms with van der Waals surface area (Å²) in [7, 11) is 0. The molecule has 0 saturated carbocycles. The number of rotatable bonds is 5. The summed E-state index contributed by atoms with van der Waals surface area (Å²) in [5.74, 6) is -5.88. The van der Waals surface area contributed by atoms with E-state index in [1.165, 1.54) is 0 Å². The molecule has 0 heterocycles. The summed E-state index contributed by atoms with van der Waals surface area (Å²) in [5, 5.41) is 11.0. The van der Waals surface area contributed by atoms with Gasteiger partial charge in [0.05, 0.1) is 11.1 Å². The Balaban J connectivity index is 2.98. The van der Waals surface area contributed by atoms with Crippen molar-refractivity contribution in [3.8, 4) is 0 Å². The number of nitrogens with two attached hydrogens (primary N) is 1. The normalized spacial score (nSPS) is 10.0. The Morgan fingerprint density at radius 3 is 2.16 bits per heavy atom. The molecule has 8 heteroatoms. The van der Waals surface area contributed by atoms with Gasteiger partial charge in [0, 0.05) is 13.0 Å². The third kappa shape index (κ3) is 3.73. The van der Waals surface area contributed by atoms with E-state index in [0.29, 0.717) is 12.1 Å². The van der Waals surface area contributed by atoms with Crippen LogP contribution in [0.25, 0.3) is 0 Å². The molecule has 0 radical (unpaired) electrons. The number of primary amides is 1. The van der Waals surface area contributed by atoms with E-state index in [2.05, 4.69) is 5.32 Å². The Morgan fingerprint density at radius 1 is 1.16 bits per heavy atom. The first-order chi connectivity index (χ1) is 8.82. The molecule has 0 aliphatic rings. The lowest BCUT2D eigenvalue weighted by Gasteiger charge is -2.07. The van der Waals surface area contributed by atoms with Crippen molar-refractivity contribution >= 4 is 17.8 Å². The molecule has 0 aromatic heterocycles. The molecule has 6 nitrogen and oxygen atoms in total. The van der Waals surface area contributed by atoms with Gasteiger partial charge in [-0.3, -0.25) is 9.59 Å². The number of halogens is 2. The predicted octanol–water partition coefficient (Wildman–Crippen LogP) is 0.268. The monoisotopic (exact) mass is 272 g/mol. The molecule has 0 aliphatic heterocycles. The topological polar surface area (TPSA) is 109 Å². The molecule has 1 rings (SSSR count). The number of nitrogens with one attached hydrogen (secondary N) is 1. The molecule has 0 aliphatic carbocycles. The number of carboxylic acid groups (broad SMARTS) is 1. The summed E-state index contributed by atoms with van der Waals surface area (Å²) in [6.07, 6.45) is -0.155. The maximum absolute atomic E-state index is 13.0. The van der Waals surface area contributed by atoms with E-state index in [-0.39, 0.29) is 13.0 Å². The Kier molecular flexibility index (Phi) is 4.51. The second-order valence-corrected chi connectivity index (χ2v) is 3.59. The Labute approximate surface area is 106 Å². The summed E-state index contributed by atoms with van der Waals surface area (Å²) in [6, 6.07) is 0.902. The van der Waals surface area contributed by atoms with Crippen LogP contribution in [0.5, 0.6) is 0 Å². The van der Waals surface area contributed by atoms with Gasteiger partial charge in [-0.1, -0.05) is 0 Å². The summed E-state index contributed by atoms with van der Waals surface area (Å²) < 4.78 is 25.9. The summed E-state index contributed by atoms with van der Waals surface area (Å²) >= 11 is 0. The minimum absolute atomic E-state index is 0.133. The van der Waals surface area contributed by atoms with E-state index in [4.69, 9.17) is 10.8 Å². The van der Waals surface area contributed by atoms with E-state index in [0.717, 1.165) is 0 Å². The SMILES string of the molecule is NC(=O)CCNC(=O)c1cc(F)c(F)cc1C(=O)O. The summed E-state index contributed by atoms with van der Waals surface area (Å²) in [6.45, 7) is -0.133. The molecular weight excluding hydrogens is 262 g/mol. The van der Waals surface area contributed by atoms with E-state index in [1.807, 2.05) is 0 Å². The van der Waals surface area contributed by atoms with Crippen molar-refractivity contribution < 1.29 is 28.3 Å². The maximum Gasteiger partial charge on any atom is 0.336 e. The quantitative estimate of drug-likeness (QED) is 0.714. The van der Waals surface area contributed by atoms with Gasteiger partial charge in [-0.15, -0.1) is 0 Å². The Hall–Kier alpha value is -2.51. The van der Waals surface area contributed by atoms with Crippen LogP contribution < -0.4 is 11.1 Å². The third-order valence-electron chi connectivity index (χ3n) is 2.19. The van der Waals surface area contributed by atoms with Gasteiger partial charge < -0.3 is 16.2 Å². The Bertz CT molecular complexity index is 546. The standard InChI is InChI=1S/C11H10F2N2O4/c12-7-3-5(6(11(18)19)4-8(7)13)10(17)15-2-1-9(14)16/h3-4H,1-2H2,(H2,14,16)(H,15,17)(H,18,19). The van der Waals surface area contributed by atoms with Crippen molar-refractivity contribution in [2.24, 2.45) is 5.73 Å². The predicted molar refractivity (Wildman–Crippen MR) is 59.5 cm³/mol. The van der Waals surface area contributed by atoms with E-state index < -0.39 is 40.5 Å². The molecule has 1 aromatic rings. The van der Waals surface area contributed by atoms with Crippen LogP contribution in [0, 0.1) is 11.6 Å². The zero-order chi connectivity index (χ0) is 14.6. The van der Waals surface area contributed by atoms with E-state index in [1.54, 1.807) is 0 Å². The average molecular weight is 272 g/mol. The molecule has 19 heavy (non-hydrogen) atoms. The first-order valence-electron chi connectivity index (χ1n) is 5.11. The highest BCUT2D eigenvalue weighted by Crippen LogP contribution is 2.15. The zero-order valence-corrected chi connectivity index (χ0v) is 9.57. The van der Waals surface area contributed by atoms with Gasteiger partial charge in [-0.2, -0.15) is 0 Å². The van der Waals surface area contributed by atoms with Crippen molar-refractivity contribution in [2.75, 3.05) is 6.54 Å². The van der Waals surface area contributed by atoms with Crippen LogP contribution in [-0.2, 0) is 4.79 Å². The minimum Gasteiger partial charge on any atom is -0.478 e. The van der Waals surface area contributed by atoms with Gasteiger partial charge >= 0.3 is 5.97 Å². The fraction of sp³-hybridized carbons (Fsp3) is 0.182. The highest BCUT2D eigenvalue weighted by atomic mass is 19.2. The molecule has 0 spiro atoms. The van der Waals surface area contributed by atoms with Crippen molar-refractivity contribution in [3.05, 3.63) is 34.9 Å². The van der Waals surface area contributed by atoms with Gasteiger partial charge in [0.15, 0.2) is 11.6 Å². The Morgan fingerprint density at radius 2 is 1.68 bits per heavy atom. The van der Waals surface area contributed by atoms with E-state index >= 15 is 0 Å². The number of benzene rings is 1. The molecule has 102 valence electrons. The highest BCUT2D eigenvalue weighted by molar-refractivity contribution is 6.04. The average Bonchev–Trinajstić information content (AvgIpc) is 2.31. The number of hydrogen-bond donors (Lipinski definition) is 3. The third-order valence-corrected chi connectivity index (χ3v) is 2.19. The minimum atomic E-state index is -1.57. The second kappa shape index (κ2) is 5.89. The van der Waals surface area contributed by atoms with Crippen LogP contribution in [0.2, 0.25) is 0 Å². The van der Waals surface area contributed by atoms with Crippen LogP contribution in [0.3, 0.4) is 0 Å². The number of carboxylic acids is 1. The largest absolute Gasteiger partial charge is 0.478 e. The van der Waals surface area contributed by atoms with E-state index in [9.17, 15) is 23.2 Å². The fourth-order valence-corrected chi connectivity index (χ4v) is 1.31. The molecule has 0 atom stereocenters. The van der Waals surface area contributed by atoms with Crippen LogP contribution in [0.15, 0.2) is 12.1 Å². The van der Waals surface area contributed by atoms with Crippen molar-refractivity contribution in [1.82, 2.24) is 5.32 Å². The van der Waals surface area contributed by atoms with Crippen molar-refractivity contribution in [3.63, 3.8) is 0 Å². The molecule has 0 bridgehead atoms. The number of carbonyl (C=O) groups excluding carboxylic acids is 2. The highest BCUT2D eigenvalue weighted by Gasteiger charge is 2.20. The van der Waals surface area contributed by atoms with Crippen LogP contribution in [0.4, 0.5) is 8.78 Å². The summed E-state index contributed by atoms with van der Waals surface area (Å²) in [4.78, 5) is 32.9. The second-order valence-electron chi connectivity index (χ2n) is 3.59. The smallest absolute Gasteiger partial charge is 0.336 e. The number of aromatic carboxylic acids is 1. The lowest BCUT2D eigenvalue weighted by Crippen LogP contribution is -2.29. The number of amides is 2. The molecule has 2 amide bonds. The van der Waals surface area contributed by atoms with Crippen molar-refractivity contribution in [2.45, 2.75) is 6.42 Å². The summed E-state index contributed by atoms with van der Waals surface area (Å²) in [5.41, 5.74) is 3.64. The van der Waals surface area contributed by atoms with Gasteiger partial charge in [-0.25, -0.2) is 13.6 Å². The first-order valence-corrected chi connectivity index (χ1v) is 5.11. The molecule has 0 unspecified atom stereocenters. The van der Waals surface area contributed by atoms with Crippen LogP contribution in [0.1, 0.15) is 27.1 Å². The fourth-order valence-electron chi connectivity index (χ4n) is 1.31. The zero-order valence-electron chi connectivity index (χ0n) is 9.57. The molecule has 4 N–H and O–H groups in total. The van der Waals surface area contributed by atoms with Crippen molar-refractivity contribution in [1.29, 1.82) is 0 Å². The van der Waals surface area contributed by atoms with Gasteiger partial charge in [-0.05, 0) is 12.1 Å². The number of hydrogen-bond acceptors (Lipinski definition) is 3. The van der Waals surface area contributed by atoms with Gasteiger partial charge in [0.1, 0.15) is 0 Å².